The second-order valence-corrected chi connectivity index (χ2v) is 7.83. The molecule has 0 saturated carbocycles. The summed E-state index contributed by atoms with van der Waals surface area (Å²) in [6.07, 6.45) is 9.82. The van der Waals surface area contributed by atoms with E-state index in [1.807, 2.05) is 47.5 Å². The zero-order chi connectivity index (χ0) is 20.7. The first kappa shape index (κ1) is 20.5. The van der Waals surface area contributed by atoms with Gasteiger partial charge in [0.1, 0.15) is 0 Å². The van der Waals surface area contributed by atoms with Gasteiger partial charge < -0.3 is 15.0 Å². The molecule has 1 saturated heterocycles. The van der Waals surface area contributed by atoms with E-state index in [-0.39, 0.29) is 5.54 Å². The van der Waals surface area contributed by atoms with Crippen molar-refractivity contribution in [2.45, 2.75) is 31.2 Å². The summed E-state index contributed by atoms with van der Waals surface area (Å²) in [5.41, 5.74) is 2.09. The lowest BCUT2D eigenvalue weighted by molar-refractivity contribution is 0.109. The number of unbranched alkanes of at least 4 members (excludes halogenated alkanes) is 1. The van der Waals surface area contributed by atoms with E-state index < -0.39 is 0 Å². The highest BCUT2D eigenvalue weighted by Gasteiger charge is 2.40. The molecule has 0 amide bonds. The maximum atomic E-state index is 5.65. The third kappa shape index (κ3) is 4.68. The molecule has 30 heavy (non-hydrogen) atoms. The number of methoxy groups -OCH3 is 1. The van der Waals surface area contributed by atoms with Gasteiger partial charge in [-0.3, -0.25) is 0 Å². The molecule has 7 heteroatoms. The molecule has 3 aromatic rings. The molecule has 158 valence electrons. The van der Waals surface area contributed by atoms with Crippen LogP contribution in [0.15, 0.2) is 61.1 Å². The minimum Gasteiger partial charge on any atom is -0.382 e. The number of piperazine rings is 1. The SMILES string of the molecule is COCC1(CCCCc2ccn(-c3ccccc3)n2)CNCCN1c1ncccn1. The molecule has 0 aliphatic carbocycles. The molecule has 1 N–H and O–H groups in total. The van der Waals surface area contributed by atoms with Crippen molar-refractivity contribution in [2.75, 3.05) is 38.3 Å². The summed E-state index contributed by atoms with van der Waals surface area (Å²) >= 11 is 0. The Balaban J connectivity index is 1.37. The van der Waals surface area contributed by atoms with Gasteiger partial charge >= 0.3 is 0 Å². The summed E-state index contributed by atoms with van der Waals surface area (Å²) in [5.74, 6) is 0.789. The molecule has 0 spiro atoms. The number of hydrogen-bond acceptors (Lipinski definition) is 6. The van der Waals surface area contributed by atoms with Gasteiger partial charge in [-0.25, -0.2) is 14.6 Å². The molecular formula is C23H30N6O. The summed E-state index contributed by atoms with van der Waals surface area (Å²) < 4.78 is 7.60. The van der Waals surface area contributed by atoms with E-state index in [2.05, 4.69) is 38.4 Å². The Morgan fingerprint density at radius 2 is 1.90 bits per heavy atom. The highest BCUT2D eigenvalue weighted by molar-refractivity contribution is 5.36. The van der Waals surface area contributed by atoms with Crippen molar-refractivity contribution in [3.8, 4) is 5.69 Å². The minimum absolute atomic E-state index is 0.127. The Hall–Kier alpha value is -2.77. The van der Waals surface area contributed by atoms with Crippen LogP contribution in [0.4, 0.5) is 5.95 Å². The second kappa shape index (κ2) is 9.82. The van der Waals surface area contributed by atoms with Crippen molar-refractivity contribution in [1.82, 2.24) is 25.1 Å². The third-order valence-corrected chi connectivity index (χ3v) is 5.74. The van der Waals surface area contributed by atoms with Crippen LogP contribution in [0.1, 0.15) is 25.0 Å². The molecule has 1 fully saturated rings. The Morgan fingerprint density at radius 3 is 2.70 bits per heavy atom. The molecule has 1 aliphatic heterocycles. The third-order valence-electron chi connectivity index (χ3n) is 5.74. The fourth-order valence-electron chi connectivity index (χ4n) is 4.26. The minimum atomic E-state index is -0.127. The predicted molar refractivity (Wildman–Crippen MR) is 118 cm³/mol. The van der Waals surface area contributed by atoms with E-state index in [0.717, 1.165) is 62.6 Å². The first-order valence-electron chi connectivity index (χ1n) is 10.7. The molecule has 4 rings (SSSR count). The molecule has 2 aromatic heterocycles. The fraction of sp³-hybridized carbons (Fsp3) is 0.435. The van der Waals surface area contributed by atoms with Crippen molar-refractivity contribution in [1.29, 1.82) is 0 Å². The number of aryl methyl sites for hydroxylation is 1. The number of benzene rings is 1. The van der Waals surface area contributed by atoms with Gasteiger partial charge in [0.25, 0.3) is 0 Å². The van der Waals surface area contributed by atoms with Crippen molar-refractivity contribution in [2.24, 2.45) is 0 Å². The van der Waals surface area contributed by atoms with Crippen molar-refractivity contribution >= 4 is 5.95 Å². The zero-order valence-corrected chi connectivity index (χ0v) is 17.6. The number of anilines is 1. The summed E-state index contributed by atoms with van der Waals surface area (Å²) in [6, 6.07) is 14.2. The molecule has 3 heterocycles. The predicted octanol–water partition coefficient (Wildman–Crippen LogP) is 2.87. The average Bonchev–Trinajstić information content (AvgIpc) is 3.28. The van der Waals surface area contributed by atoms with E-state index in [0.29, 0.717) is 6.61 Å². The molecule has 7 nitrogen and oxygen atoms in total. The van der Waals surface area contributed by atoms with Crippen LogP contribution in [0.25, 0.3) is 5.69 Å². The van der Waals surface area contributed by atoms with Crippen LogP contribution in [0.5, 0.6) is 0 Å². The molecule has 1 atom stereocenters. The zero-order valence-electron chi connectivity index (χ0n) is 17.6. The first-order chi connectivity index (χ1) is 14.8. The van der Waals surface area contributed by atoms with E-state index >= 15 is 0 Å². The van der Waals surface area contributed by atoms with Gasteiger partial charge in [0.2, 0.25) is 5.95 Å². The fourth-order valence-corrected chi connectivity index (χ4v) is 4.26. The molecule has 0 radical (unpaired) electrons. The molecule has 1 aromatic carbocycles. The Morgan fingerprint density at radius 1 is 1.07 bits per heavy atom. The Bertz CT molecular complexity index is 896. The number of para-hydroxylation sites is 1. The molecule has 1 unspecified atom stereocenters. The van der Waals surface area contributed by atoms with Crippen LogP contribution in [0, 0.1) is 0 Å². The maximum Gasteiger partial charge on any atom is 0.225 e. The normalized spacial score (nSPS) is 19.2. The standard InChI is InChI=1S/C23H30N6O/c1-30-19-23(18-24-15-17-28(23)22-25-13-7-14-26-22)12-6-5-8-20-11-16-29(27-20)21-9-3-2-4-10-21/h2-4,7,9-11,13-14,16,24H,5-6,8,12,15,17-19H2,1H3. The van der Waals surface area contributed by atoms with Gasteiger partial charge in [-0.15, -0.1) is 0 Å². The molecular weight excluding hydrogens is 376 g/mol. The number of nitrogens with one attached hydrogen (secondary N) is 1. The monoisotopic (exact) mass is 406 g/mol. The number of hydrogen-bond donors (Lipinski definition) is 1. The van der Waals surface area contributed by atoms with Crippen molar-refractivity contribution < 1.29 is 4.74 Å². The average molecular weight is 407 g/mol. The van der Waals surface area contributed by atoms with E-state index in [9.17, 15) is 0 Å². The van der Waals surface area contributed by atoms with Gasteiger partial charge in [0.15, 0.2) is 0 Å². The number of aromatic nitrogens is 4. The number of nitrogens with zero attached hydrogens (tertiary/aromatic N) is 5. The van der Waals surface area contributed by atoms with Crippen LogP contribution in [0.2, 0.25) is 0 Å². The lowest BCUT2D eigenvalue weighted by Gasteiger charge is -2.47. The van der Waals surface area contributed by atoms with Gasteiger partial charge in [-0.1, -0.05) is 24.6 Å². The summed E-state index contributed by atoms with van der Waals surface area (Å²) in [6.45, 7) is 3.35. The van der Waals surface area contributed by atoms with Crippen LogP contribution < -0.4 is 10.2 Å². The lowest BCUT2D eigenvalue weighted by atomic mass is 9.89. The van der Waals surface area contributed by atoms with Crippen LogP contribution in [-0.2, 0) is 11.2 Å². The molecule has 1 aliphatic rings. The van der Waals surface area contributed by atoms with Gasteiger partial charge in [-0.2, -0.15) is 5.10 Å². The topological polar surface area (TPSA) is 68.1 Å². The van der Waals surface area contributed by atoms with Crippen LogP contribution in [0.3, 0.4) is 0 Å². The highest BCUT2D eigenvalue weighted by atomic mass is 16.5. The summed E-state index contributed by atoms with van der Waals surface area (Å²) in [7, 11) is 1.77. The Kier molecular flexibility index (Phi) is 6.71. The molecule has 0 bridgehead atoms. The van der Waals surface area contributed by atoms with Crippen molar-refractivity contribution in [3.63, 3.8) is 0 Å². The quantitative estimate of drug-likeness (QED) is 0.551. The second-order valence-electron chi connectivity index (χ2n) is 7.83. The maximum absolute atomic E-state index is 5.65. The smallest absolute Gasteiger partial charge is 0.225 e. The van der Waals surface area contributed by atoms with E-state index in [4.69, 9.17) is 9.84 Å². The lowest BCUT2D eigenvalue weighted by Crippen LogP contribution is -2.64. The number of rotatable bonds is 9. The van der Waals surface area contributed by atoms with Gasteiger partial charge in [-0.05, 0) is 43.5 Å². The Labute approximate surface area is 178 Å². The van der Waals surface area contributed by atoms with Gasteiger partial charge in [0, 0.05) is 45.3 Å². The van der Waals surface area contributed by atoms with Crippen LogP contribution >= 0.6 is 0 Å². The van der Waals surface area contributed by atoms with E-state index in [1.54, 1.807) is 7.11 Å². The number of ether oxygens (including phenoxy) is 1. The van der Waals surface area contributed by atoms with E-state index in [1.165, 1.54) is 0 Å². The van der Waals surface area contributed by atoms with Crippen LogP contribution in [-0.4, -0.2) is 58.6 Å². The summed E-state index contributed by atoms with van der Waals surface area (Å²) in [4.78, 5) is 11.3. The largest absolute Gasteiger partial charge is 0.382 e. The highest BCUT2D eigenvalue weighted by Crippen LogP contribution is 2.28. The summed E-state index contributed by atoms with van der Waals surface area (Å²) in [5, 5.41) is 8.28. The first-order valence-corrected chi connectivity index (χ1v) is 10.7. The van der Waals surface area contributed by atoms with Gasteiger partial charge in [0.05, 0.1) is 23.5 Å². The van der Waals surface area contributed by atoms with Crippen molar-refractivity contribution in [3.05, 3.63) is 66.7 Å².